The van der Waals surface area contributed by atoms with E-state index in [4.69, 9.17) is 0 Å². The van der Waals surface area contributed by atoms with Crippen molar-refractivity contribution in [2.45, 2.75) is 0 Å². The van der Waals surface area contributed by atoms with Gasteiger partial charge in [-0.3, -0.25) is 15.0 Å². The molecule has 0 saturated carbocycles. The molecule has 4 aromatic rings. The molecule has 11 heteroatoms. The van der Waals surface area contributed by atoms with E-state index in [0.29, 0.717) is 11.7 Å². The van der Waals surface area contributed by atoms with E-state index < -0.39 is 0 Å². The van der Waals surface area contributed by atoms with Crippen molar-refractivity contribution >= 4 is 39.2 Å². The van der Waals surface area contributed by atoms with Gasteiger partial charge in [-0.25, -0.2) is 14.6 Å². The number of nitrogens with one attached hydrogen (secondary N) is 1. The third kappa shape index (κ3) is 3.72. The van der Waals surface area contributed by atoms with Crippen LogP contribution in [0.4, 0.5) is 10.9 Å². The number of piperazine rings is 1. The van der Waals surface area contributed by atoms with Crippen LogP contribution in [0.2, 0.25) is 0 Å². The SMILES string of the molecule is O=C(CN1CCN(c2ncnc3c2cnn3-c2ccccc2)CC1)Nc1nncs1. The molecule has 1 aliphatic rings. The van der Waals surface area contributed by atoms with Crippen molar-refractivity contribution in [3.05, 3.63) is 48.4 Å². The average molecular weight is 421 g/mol. The van der Waals surface area contributed by atoms with Crippen molar-refractivity contribution in [1.82, 2.24) is 34.8 Å². The predicted octanol–water partition coefficient (Wildman–Crippen LogP) is 1.43. The van der Waals surface area contributed by atoms with Gasteiger partial charge in [-0.1, -0.05) is 29.5 Å². The Bertz CT molecular complexity index is 1140. The highest BCUT2D eigenvalue weighted by Crippen LogP contribution is 2.25. The van der Waals surface area contributed by atoms with E-state index >= 15 is 0 Å². The van der Waals surface area contributed by atoms with Crippen LogP contribution in [0.5, 0.6) is 0 Å². The molecule has 0 atom stereocenters. The summed E-state index contributed by atoms with van der Waals surface area (Å²) in [5, 5.41) is 16.3. The van der Waals surface area contributed by atoms with Gasteiger partial charge in [0.1, 0.15) is 17.7 Å². The molecule has 3 aromatic heterocycles. The van der Waals surface area contributed by atoms with Gasteiger partial charge >= 0.3 is 0 Å². The largest absolute Gasteiger partial charge is 0.353 e. The zero-order valence-electron chi connectivity index (χ0n) is 16.0. The molecule has 0 unspecified atom stereocenters. The molecule has 4 heterocycles. The minimum absolute atomic E-state index is 0.0752. The first kappa shape index (κ1) is 18.6. The van der Waals surface area contributed by atoms with Gasteiger partial charge < -0.3 is 4.90 Å². The summed E-state index contributed by atoms with van der Waals surface area (Å²) in [5.41, 5.74) is 3.34. The number of carbonyl (C=O) groups excluding carboxylic acids is 1. The highest BCUT2D eigenvalue weighted by Gasteiger charge is 2.23. The van der Waals surface area contributed by atoms with Crippen molar-refractivity contribution < 1.29 is 4.79 Å². The number of fused-ring (bicyclic) bond motifs is 1. The molecule has 1 aliphatic heterocycles. The molecule has 10 nitrogen and oxygen atoms in total. The number of hydrogen-bond acceptors (Lipinski definition) is 9. The van der Waals surface area contributed by atoms with Crippen LogP contribution in [0.15, 0.2) is 48.4 Å². The molecule has 0 bridgehead atoms. The van der Waals surface area contributed by atoms with E-state index in [1.165, 1.54) is 11.3 Å². The van der Waals surface area contributed by atoms with Gasteiger partial charge in [0.2, 0.25) is 11.0 Å². The van der Waals surface area contributed by atoms with Crippen LogP contribution < -0.4 is 10.2 Å². The molecule has 1 N–H and O–H groups in total. The van der Waals surface area contributed by atoms with Crippen molar-refractivity contribution in [3.63, 3.8) is 0 Å². The van der Waals surface area contributed by atoms with Gasteiger partial charge in [0.15, 0.2) is 5.65 Å². The summed E-state index contributed by atoms with van der Waals surface area (Å²) >= 11 is 1.31. The molecule has 0 aliphatic carbocycles. The average Bonchev–Trinajstić information content (AvgIpc) is 3.44. The minimum atomic E-state index is -0.0752. The number of amides is 1. The second-order valence-electron chi connectivity index (χ2n) is 6.88. The number of hydrogen-bond donors (Lipinski definition) is 1. The molecule has 1 aromatic carbocycles. The Hall–Kier alpha value is -3.44. The lowest BCUT2D eigenvalue weighted by Gasteiger charge is -2.35. The zero-order chi connectivity index (χ0) is 20.3. The summed E-state index contributed by atoms with van der Waals surface area (Å²) in [4.78, 5) is 25.5. The Balaban J connectivity index is 1.27. The maximum atomic E-state index is 12.2. The van der Waals surface area contributed by atoms with Gasteiger partial charge in [0, 0.05) is 26.2 Å². The van der Waals surface area contributed by atoms with E-state index in [1.807, 2.05) is 41.2 Å². The lowest BCUT2D eigenvalue weighted by Crippen LogP contribution is -2.49. The summed E-state index contributed by atoms with van der Waals surface area (Å²) in [6.45, 7) is 3.41. The van der Waals surface area contributed by atoms with Gasteiger partial charge in [0.25, 0.3) is 0 Å². The van der Waals surface area contributed by atoms with Crippen LogP contribution in [0.25, 0.3) is 16.7 Å². The maximum absolute atomic E-state index is 12.2. The third-order valence-electron chi connectivity index (χ3n) is 4.99. The fourth-order valence-corrected chi connectivity index (χ4v) is 4.01. The lowest BCUT2D eigenvalue weighted by molar-refractivity contribution is -0.117. The number of carbonyl (C=O) groups is 1. The van der Waals surface area contributed by atoms with Crippen LogP contribution in [-0.2, 0) is 4.79 Å². The first-order chi connectivity index (χ1) is 14.8. The summed E-state index contributed by atoms with van der Waals surface area (Å²) in [6, 6.07) is 9.93. The quantitative estimate of drug-likeness (QED) is 0.516. The van der Waals surface area contributed by atoms with Crippen LogP contribution >= 0.6 is 11.3 Å². The van der Waals surface area contributed by atoms with Gasteiger partial charge in [-0.2, -0.15) is 5.10 Å². The molecular weight excluding hydrogens is 402 g/mol. The van der Waals surface area contributed by atoms with E-state index in [0.717, 1.165) is 48.7 Å². The van der Waals surface area contributed by atoms with E-state index in [2.05, 4.69) is 40.4 Å². The summed E-state index contributed by atoms with van der Waals surface area (Å²) in [5.74, 6) is 0.800. The Kier molecular flexibility index (Phi) is 5.03. The van der Waals surface area contributed by atoms with E-state index in [9.17, 15) is 4.79 Å². The van der Waals surface area contributed by atoms with Crippen LogP contribution in [0.1, 0.15) is 0 Å². The van der Waals surface area contributed by atoms with Crippen molar-refractivity contribution in [2.24, 2.45) is 0 Å². The van der Waals surface area contributed by atoms with Crippen molar-refractivity contribution in [2.75, 3.05) is 42.9 Å². The molecule has 0 spiro atoms. The molecule has 0 radical (unpaired) electrons. The molecular formula is C19H19N9OS. The van der Waals surface area contributed by atoms with Gasteiger partial charge in [0.05, 0.1) is 23.8 Å². The normalized spacial score (nSPS) is 14.9. The highest BCUT2D eigenvalue weighted by atomic mass is 32.1. The number of aromatic nitrogens is 6. The third-order valence-corrected chi connectivity index (χ3v) is 5.60. The first-order valence-electron chi connectivity index (χ1n) is 9.55. The second-order valence-corrected chi connectivity index (χ2v) is 7.71. The lowest BCUT2D eigenvalue weighted by atomic mass is 10.2. The fourth-order valence-electron chi connectivity index (χ4n) is 3.55. The predicted molar refractivity (Wildman–Crippen MR) is 114 cm³/mol. The standard InChI is InChI=1S/C19H19N9OS/c29-16(24-19-25-22-13-30-19)11-26-6-8-27(9-7-26)17-15-10-23-28(18(15)21-12-20-17)14-4-2-1-3-5-14/h1-5,10,12-13H,6-9,11H2,(H,24,25,29). The van der Waals surface area contributed by atoms with Crippen molar-refractivity contribution in [3.8, 4) is 5.69 Å². The Morgan fingerprint density at radius 3 is 2.70 bits per heavy atom. The summed E-state index contributed by atoms with van der Waals surface area (Å²) in [6.07, 6.45) is 3.40. The molecule has 1 amide bonds. The van der Waals surface area contributed by atoms with Gasteiger partial charge in [-0.05, 0) is 12.1 Å². The Labute approximate surface area is 176 Å². The Morgan fingerprint density at radius 2 is 1.93 bits per heavy atom. The molecule has 1 saturated heterocycles. The van der Waals surface area contributed by atoms with Crippen LogP contribution in [-0.4, -0.2) is 73.5 Å². The highest BCUT2D eigenvalue weighted by molar-refractivity contribution is 7.13. The summed E-state index contributed by atoms with van der Waals surface area (Å²) in [7, 11) is 0. The van der Waals surface area contributed by atoms with Crippen LogP contribution in [0.3, 0.4) is 0 Å². The molecule has 152 valence electrons. The topological polar surface area (TPSA) is 105 Å². The number of rotatable bonds is 5. The minimum Gasteiger partial charge on any atom is -0.353 e. The number of benzene rings is 1. The molecule has 1 fully saturated rings. The number of para-hydroxylation sites is 1. The number of nitrogens with zero attached hydrogens (tertiary/aromatic N) is 8. The van der Waals surface area contributed by atoms with E-state index in [-0.39, 0.29) is 5.91 Å². The maximum Gasteiger partial charge on any atom is 0.240 e. The fraction of sp³-hybridized carbons (Fsp3) is 0.263. The zero-order valence-corrected chi connectivity index (χ0v) is 16.9. The number of anilines is 2. The first-order valence-corrected chi connectivity index (χ1v) is 10.4. The second kappa shape index (κ2) is 8.13. The molecule has 30 heavy (non-hydrogen) atoms. The summed E-state index contributed by atoms with van der Waals surface area (Å²) < 4.78 is 1.83. The van der Waals surface area contributed by atoms with Crippen molar-refractivity contribution in [1.29, 1.82) is 0 Å². The molecule has 5 rings (SSSR count). The Morgan fingerprint density at radius 1 is 1.10 bits per heavy atom. The van der Waals surface area contributed by atoms with Gasteiger partial charge in [-0.15, -0.1) is 10.2 Å². The smallest absolute Gasteiger partial charge is 0.240 e. The monoisotopic (exact) mass is 421 g/mol. The van der Waals surface area contributed by atoms with E-state index in [1.54, 1.807) is 11.8 Å². The van der Waals surface area contributed by atoms with Crippen LogP contribution in [0, 0.1) is 0 Å².